The second-order valence-corrected chi connectivity index (χ2v) is 9.14. The van der Waals surface area contributed by atoms with Gasteiger partial charge in [-0.15, -0.1) is 0 Å². The van der Waals surface area contributed by atoms with E-state index in [0.717, 1.165) is 4.70 Å². The fourth-order valence-corrected chi connectivity index (χ4v) is 5.19. The number of ketones is 1. The lowest BCUT2D eigenvalue weighted by atomic mass is 9.95. The Labute approximate surface area is 203 Å². The number of aliphatic hydroxyl groups is 1. The number of hydrogen-bond acceptors (Lipinski definition) is 7. The lowest BCUT2D eigenvalue weighted by Gasteiger charge is -2.24. The van der Waals surface area contributed by atoms with E-state index in [1.807, 2.05) is 13.0 Å². The Balaban J connectivity index is 1.65. The summed E-state index contributed by atoms with van der Waals surface area (Å²) >= 11 is 7.50. The van der Waals surface area contributed by atoms with Crippen LogP contribution in [0.15, 0.2) is 70.3 Å². The average molecular weight is 495 g/mol. The van der Waals surface area contributed by atoms with E-state index in [1.165, 1.54) is 22.3 Å². The second kappa shape index (κ2) is 8.62. The van der Waals surface area contributed by atoms with Crippen molar-refractivity contribution in [3.05, 3.63) is 88.0 Å². The molecule has 0 fully saturated rings. The highest BCUT2D eigenvalue weighted by molar-refractivity contribution is 7.22. The van der Waals surface area contributed by atoms with Gasteiger partial charge in [-0.05, 0) is 61.9 Å². The van der Waals surface area contributed by atoms with Gasteiger partial charge in [0.25, 0.3) is 5.91 Å². The molecule has 0 bridgehead atoms. The molecule has 2 aromatic carbocycles. The van der Waals surface area contributed by atoms with Crippen LogP contribution in [0.1, 0.15) is 34.8 Å². The van der Waals surface area contributed by atoms with Crippen LogP contribution in [0.4, 0.5) is 5.13 Å². The number of ether oxygens (including phenoxy) is 1. The molecule has 0 saturated heterocycles. The number of benzene rings is 2. The Kier molecular flexibility index (Phi) is 5.63. The Morgan fingerprint density at radius 2 is 2.06 bits per heavy atom. The Morgan fingerprint density at radius 3 is 2.76 bits per heavy atom. The van der Waals surface area contributed by atoms with Crippen LogP contribution < -0.4 is 9.64 Å². The Bertz CT molecular complexity index is 1470. The maximum atomic E-state index is 13.4. The molecule has 9 heteroatoms. The van der Waals surface area contributed by atoms with Gasteiger partial charge in [0.2, 0.25) is 5.78 Å². The third kappa shape index (κ3) is 3.74. The topological polar surface area (TPSA) is 92.9 Å². The number of anilines is 1. The summed E-state index contributed by atoms with van der Waals surface area (Å²) in [4.78, 5) is 32.7. The fourth-order valence-electron chi connectivity index (χ4n) is 3.97. The van der Waals surface area contributed by atoms with Crippen LogP contribution in [0.5, 0.6) is 5.75 Å². The van der Waals surface area contributed by atoms with Gasteiger partial charge in [0.15, 0.2) is 16.7 Å². The monoisotopic (exact) mass is 494 g/mol. The maximum Gasteiger partial charge on any atom is 0.296 e. The highest BCUT2D eigenvalue weighted by atomic mass is 35.5. The van der Waals surface area contributed by atoms with Gasteiger partial charge in [-0.25, -0.2) is 4.98 Å². The van der Waals surface area contributed by atoms with Crippen molar-refractivity contribution >= 4 is 50.0 Å². The molecule has 0 saturated carbocycles. The minimum Gasteiger partial charge on any atom is -0.503 e. The van der Waals surface area contributed by atoms with Crippen LogP contribution in [-0.4, -0.2) is 28.4 Å². The van der Waals surface area contributed by atoms with Crippen molar-refractivity contribution in [2.45, 2.75) is 19.9 Å². The molecule has 3 heterocycles. The molecular weight excluding hydrogens is 476 g/mol. The molecule has 4 aromatic rings. The van der Waals surface area contributed by atoms with Gasteiger partial charge in [0, 0.05) is 5.02 Å². The van der Waals surface area contributed by atoms with E-state index < -0.39 is 23.5 Å². The number of hydrogen-bond donors (Lipinski definition) is 1. The molecule has 1 amide bonds. The van der Waals surface area contributed by atoms with Crippen molar-refractivity contribution < 1.29 is 23.8 Å². The number of carbonyl (C=O) groups is 2. The van der Waals surface area contributed by atoms with Crippen molar-refractivity contribution in [2.24, 2.45) is 0 Å². The summed E-state index contributed by atoms with van der Waals surface area (Å²) in [5, 5.41) is 11.6. The van der Waals surface area contributed by atoms with E-state index in [0.29, 0.717) is 39.4 Å². The first-order chi connectivity index (χ1) is 16.4. The number of fused-ring (bicyclic) bond motifs is 1. The van der Waals surface area contributed by atoms with Crippen LogP contribution in [-0.2, 0) is 4.79 Å². The zero-order valence-electron chi connectivity index (χ0n) is 18.2. The van der Waals surface area contributed by atoms with Gasteiger partial charge < -0.3 is 14.3 Å². The number of amides is 1. The first kappa shape index (κ1) is 22.2. The maximum absolute atomic E-state index is 13.4. The molecule has 1 atom stereocenters. The average Bonchev–Trinajstić information content (AvgIpc) is 3.50. The number of Topliss-reactive ketones (excluding diaryl/α,β-unsaturated/α-hetero) is 1. The predicted octanol–water partition coefficient (Wildman–Crippen LogP) is 6.03. The number of halogens is 1. The number of nitrogens with zero attached hydrogens (tertiary/aromatic N) is 2. The minimum absolute atomic E-state index is 0.0337. The summed E-state index contributed by atoms with van der Waals surface area (Å²) in [6.07, 6.45) is 0. The molecule has 1 N–H and O–H groups in total. The molecule has 2 aromatic heterocycles. The SMILES string of the molecule is CCOc1ccc2nc(N3C(=O)C(O)=C(C(=O)c4ccc(C)o4)C3c3cccc(Cl)c3)sc2c1. The molecule has 0 radical (unpaired) electrons. The van der Waals surface area contributed by atoms with Gasteiger partial charge in [-0.1, -0.05) is 35.1 Å². The Morgan fingerprint density at radius 1 is 1.24 bits per heavy atom. The second-order valence-electron chi connectivity index (χ2n) is 7.69. The van der Waals surface area contributed by atoms with E-state index in [2.05, 4.69) is 4.98 Å². The highest BCUT2D eigenvalue weighted by Gasteiger charge is 2.46. The number of aromatic nitrogens is 1. The summed E-state index contributed by atoms with van der Waals surface area (Å²) in [6.45, 7) is 4.13. The predicted molar refractivity (Wildman–Crippen MR) is 130 cm³/mol. The first-order valence-electron chi connectivity index (χ1n) is 10.5. The molecule has 0 aliphatic carbocycles. The molecule has 5 rings (SSSR count). The van der Waals surface area contributed by atoms with Crippen molar-refractivity contribution in [1.82, 2.24) is 4.98 Å². The number of carbonyl (C=O) groups excluding carboxylic acids is 2. The highest BCUT2D eigenvalue weighted by Crippen LogP contribution is 2.45. The van der Waals surface area contributed by atoms with Crippen LogP contribution in [0.3, 0.4) is 0 Å². The van der Waals surface area contributed by atoms with Crippen LogP contribution in [0.2, 0.25) is 5.02 Å². The molecule has 7 nitrogen and oxygen atoms in total. The zero-order chi connectivity index (χ0) is 24.0. The van der Waals surface area contributed by atoms with Gasteiger partial charge in [-0.3, -0.25) is 14.5 Å². The molecule has 1 aliphatic heterocycles. The summed E-state index contributed by atoms with van der Waals surface area (Å²) in [5.41, 5.74) is 1.14. The molecular formula is C25H19ClN2O5S. The standard InChI is InChI=1S/C25H19ClN2O5S/c1-3-32-16-8-9-17-19(12-16)34-25(27-17)28-21(14-5-4-6-15(26)11-14)20(23(30)24(28)31)22(29)18-10-7-13(2)33-18/h4-12,21,30H,3H2,1-2H3. The normalized spacial score (nSPS) is 16.0. The summed E-state index contributed by atoms with van der Waals surface area (Å²) < 4.78 is 11.9. The molecule has 34 heavy (non-hydrogen) atoms. The lowest BCUT2D eigenvalue weighted by Crippen LogP contribution is -2.30. The largest absolute Gasteiger partial charge is 0.503 e. The Hall–Kier alpha value is -3.62. The van der Waals surface area contributed by atoms with Gasteiger partial charge >= 0.3 is 0 Å². The zero-order valence-corrected chi connectivity index (χ0v) is 19.8. The van der Waals surface area contributed by atoms with Crippen molar-refractivity contribution in [3.8, 4) is 5.75 Å². The van der Waals surface area contributed by atoms with E-state index in [-0.39, 0.29) is 11.3 Å². The smallest absolute Gasteiger partial charge is 0.296 e. The van der Waals surface area contributed by atoms with Crippen molar-refractivity contribution in [2.75, 3.05) is 11.5 Å². The third-order valence-corrected chi connectivity index (χ3v) is 6.70. The van der Waals surface area contributed by atoms with E-state index in [9.17, 15) is 14.7 Å². The fraction of sp³-hybridized carbons (Fsp3) is 0.160. The van der Waals surface area contributed by atoms with Crippen LogP contribution in [0.25, 0.3) is 10.2 Å². The summed E-state index contributed by atoms with van der Waals surface area (Å²) in [5.74, 6) is -0.675. The quantitative estimate of drug-likeness (QED) is 0.329. The van der Waals surface area contributed by atoms with Crippen molar-refractivity contribution in [3.63, 3.8) is 0 Å². The number of aryl methyl sites for hydroxylation is 1. The van der Waals surface area contributed by atoms with Gasteiger partial charge in [0.1, 0.15) is 11.5 Å². The van der Waals surface area contributed by atoms with Crippen LogP contribution in [0, 0.1) is 6.92 Å². The third-order valence-electron chi connectivity index (χ3n) is 5.45. The minimum atomic E-state index is -0.934. The molecule has 172 valence electrons. The first-order valence-corrected chi connectivity index (χ1v) is 11.7. The number of thiazole rings is 1. The lowest BCUT2D eigenvalue weighted by molar-refractivity contribution is -0.117. The van der Waals surface area contributed by atoms with E-state index in [4.69, 9.17) is 20.8 Å². The number of rotatable bonds is 6. The van der Waals surface area contributed by atoms with E-state index in [1.54, 1.807) is 49.4 Å². The van der Waals surface area contributed by atoms with Crippen LogP contribution >= 0.6 is 22.9 Å². The van der Waals surface area contributed by atoms with Gasteiger partial charge in [-0.2, -0.15) is 0 Å². The summed E-state index contributed by atoms with van der Waals surface area (Å²) in [6, 6.07) is 14.5. The molecule has 0 spiro atoms. The van der Waals surface area contributed by atoms with Gasteiger partial charge in [0.05, 0.1) is 28.4 Å². The molecule has 1 aliphatic rings. The van der Waals surface area contributed by atoms with E-state index >= 15 is 0 Å². The molecule has 1 unspecified atom stereocenters. The number of furan rings is 1. The summed E-state index contributed by atoms with van der Waals surface area (Å²) in [7, 11) is 0. The number of aliphatic hydroxyl groups excluding tert-OH is 1. The van der Waals surface area contributed by atoms with Crippen molar-refractivity contribution in [1.29, 1.82) is 0 Å².